The predicted molar refractivity (Wildman–Crippen MR) is 45.0 cm³/mol. The van der Waals surface area contributed by atoms with Crippen LogP contribution in [0.5, 0.6) is 0 Å². The third-order valence-electron chi connectivity index (χ3n) is 1.77. The predicted octanol–water partition coefficient (Wildman–Crippen LogP) is -0.556. The second-order valence-corrected chi connectivity index (χ2v) is 2.71. The van der Waals surface area contributed by atoms with Crippen LogP contribution in [0.3, 0.4) is 0 Å². The molecule has 0 radical (unpaired) electrons. The average Bonchev–Trinajstić information content (AvgIpc) is 2.56. The van der Waals surface area contributed by atoms with Crippen molar-refractivity contribution < 1.29 is 14.3 Å². The van der Waals surface area contributed by atoms with Crippen LogP contribution in [0.2, 0.25) is 0 Å². The van der Waals surface area contributed by atoms with E-state index in [1.807, 2.05) is 0 Å². The van der Waals surface area contributed by atoms with E-state index in [-0.39, 0.29) is 10.3 Å². The quantitative estimate of drug-likeness (QED) is 0.720. The molecule has 15 heavy (non-hydrogen) atoms. The van der Waals surface area contributed by atoms with E-state index in [9.17, 15) is 14.0 Å². The van der Waals surface area contributed by atoms with Crippen LogP contribution in [0.4, 0.5) is 4.39 Å². The van der Waals surface area contributed by atoms with Crippen molar-refractivity contribution in [2.45, 2.75) is 6.30 Å². The first kappa shape index (κ1) is 9.31. The van der Waals surface area contributed by atoms with Gasteiger partial charge in [-0.3, -0.25) is 4.98 Å². The van der Waals surface area contributed by atoms with E-state index in [1.54, 1.807) is 0 Å². The van der Waals surface area contributed by atoms with E-state index >= 15 is 0 Å². The Labute approximate surface area is 81.4 Å². The van der Waals surface area contributed by atoms with Gasteiger partial charge in [0.2, 0.25) is 0 Å². The summed E-state index contributed by atoms with van der Waals surface area (Å²) in [7, 11) is 0. The van der Waals surface area contributed by atoms with Gasteiger partial charge < -0.3 is 5.11 Å². The fraction of sp³-hybridized carbons (Fsp3) is 0.143. The monoisotopic (exact) mass is 212 g/mol. The Morgan fingerprint density at radius 3 is 2.93 bits per heavy atom. The molecule has 0 saturated carbocycles. The van der Waals surface area contributed by atoms with Crippen LogP contribution in [0.15, 0.2) is 23.4 Å². The number of fused-ring (bicyclic) bond motifs is 1. The van der Waals surface area contributed by atoms with Crippen molar-refractivity contribution in [2.75, 3.05) is 0 Å². The molecule has 2 aromatic rings. The number of nitrogens with zero attached hydrogens (tertiary/aromatic N) is 4. The van der Waals surface area contributed by atoms with Gasteiger partial charge in [-0.15, -0.1) is 5.10 Å². The SMILES string of the molecule is O=C(O)C(F)n1nc2cnccn2c1=O. The van der Waals surface area contributed by atoms with Crippen molar-refractivity contribution in [3.8, 4) is 0 Å². The topological polar surface area (TPSA) is 89.5 Å². The number of hydrogen-bond acceptors (Lipinski definition) is 4. The minimum absolute atomic E-state index is 0.0893. The fourth-order valence-electron chi connectivity index (χ4n) is 1.10. The van der Waals surface area contributed by atoms with E-state index in [4.69, 9.17) is 5.11 Å². The van der Waals surface area contributed by atoms with E-state index in [2.05, 4.69) is 10.1 Å². The molecular formula is C7H5FN4O3. The molecule has 0 aliphatic rings. The number of alkyl halides is 1. The van der Waals surface area contributed by atoms with Crippen LogP contribution in [0.25, 0.3) is 5.65 Å². The van der Waals surface area contributed by atoms with Crippen molar-refractivity contribution in [1.82, 2.24) is 19.2 Å². The van der Waals surface area contributed by atoms with Gasteiger partial charge in [-0.05, 0) is 0 Å². The van der Waals surface area contributed by atoms with Crippen LogP contribution in [0.1, 0.15) is 6.30 Å². The van der Waals surface area contributed by atoms with Gasteiger partial charge in [0, 0.05) is 12.4 Å². The van der Waals surface area contributed by atoms with Gasteiger partial charge in [-0.25, -0.2) is 18.4 Å². The van der Waals surface area contributed by atoms with Crippen LogP contribution in [-0.2, 0) is 4.79 Å². The summed E-state index contributed by atoms with van der Waals surface area (Å²) < 4.78 is 14.3. The number of aromatic nitrogens is 4. The van der Waals surface area contributed by atoms with Crippen LogP contribution in [-0.4, -0.2) is 30.2 Å². The fourth-order valence-corrected chi connectivity index (χ4v) is 1.10. The van der Waals surface area contributed by atoms with Crippen LogP contribution < -0.4 is 5.69 Å². The minimum Gasteiger partial charge on any atom is -0.478 e. The molecule has 0 aromatic carbocycles. The number of carboxylic acid groups (broad SMARTS) is 1. The lowest BCUT2D eigenvalue weighted by Crippen LogP contribution is -2.27. The van der Waals surface area contributed by atoms with Gasteiger partial charge in [0.05, 0.1) is 6.20 Å². The summed E-state index contributed by atoms with van der Waals surface area (Å²) >= 11 is 0. The number of rotatable bonds is 2. The summed E-state index contributed by atoms with van der Waals surface area (Å²) in [6.45, 7) is 0. The summed E-state index contributed by atoms with van der Waals surface area (Å²) in [5.74, 6) is -1.77. The zero-order chi connectivity index (χ0) is 11.0. The molecule has 0 amide bonds. The molecule has 1 N–H and O–H groups in total. The standard InChI is InChI=1S/C7H5FN4O3/c8-5(6(13)14)12-7(15)11-2-1-9-3-4(11)10-12/h1-3,5H,(H,13,14). The Balaban J connectivity index is 2.68. The van der Waals surface area contributed by atoms with Crippen molar-refractivity contribution in [3.05, 3.63) is 29.1 Å². The van der Waals surface area contributed by atoms with Gasteiger partial charge >= 0.3 is 11.7 Å². The van der Waals surface area contributed by atoms with Gasteiger partial charge in [0.15, 0.2) is 5.65 Å². The van der Waals surface area contributed by atoms with Crippen molar-refractivity contribution in [3.63, 3.8) is 0 Å². The van der Waals surface area contributed by atoms with E-state index < -0.39 is 18.0 Å². The summed E-state index contributed by atoms with van der Waals surface area (Å²) in [4.78, 5) is 25.4. The lowest BCUT2D eigenvalue weighted by molar-refractivity contribution is -0.147. The first-order chi connectivity index (χ1) is 7.11. The van der Waals surface area contributed by atoms with E-state index in [1.165, 1.54) is 18.6 Å². The van der Waals surface area contributed by atoms with E-state index in [0.717, 1.165) is 4.40 Å². The molecule has 0 spiro atoms. The van der Waals surface area contributed by atoms with Crippen molar-refractivity contribution in [1.29, 1.82) is 0 Å². The van der Waals surface area contributed by atoms with Gasteiger partial charge in [0.1, 0.15) is 0 Å². The Kier molecular flexibility index (Phi) is 1.96. The molecule has 2 aromatic heterocycles. The number of hydrogen-bond donors (Lipinski definition) is 1. The van der Waals surface area contributed by atoms with Gasteiger partial charge in [-0.2, -0.15) is 4.68 Å². The number of carbonyl (C=O) groups is 1. The zero-order valence-electron chi connectivity index (χ0n) is 7.24. The highest BCUT2D eigenvalue weighted by molar-refractivity contribution is 5.69. The Morgan fingerprint density at radius 2 is 2.33 bits per heavy atom. The maximum Gasteiger partial charge on any atom is 0.361 e. The maximum atomic E-state index is 13.0. The van der Waals surface area contributed by atoms with Gasteiger partial charge in [0.25, 0.3) is 6.30 Å². The molecule has 2 heterocycles. The summed E-state index contributed by atoms with van der Waals surface area (Å²) in [6.07, 6.45) is 1.33. The zero-order valence-corrected chi connectivity index (χ0v) is 7.24. The maximum absolute atomic E-state index is 13.0. The van der Waals surface area contributed by atoms with Crippen molar-refractivity contribution >= 4 is 11.6 Å². The lowest BCUT2D eigenvalue weighted by atomic mass is 10.6. The highest BCUT2D eigenvalue weighted by Crippen LogP contribution is 2.04. The van der Waals surface area contributed by atoms with Crippen LogP contribution >= 0.6 is 0 Å². The third kappa shape index (κ3) is 1.35. The Morgan fingerprint density at radius 1 is 1.60 bits per heavy atom. The molecule has 7 nitrogen and oxygen atoms in total. The van der Waals surface area contributed by atoms with E-state index in [0.29, 0.717) is 0 Å². The molecular weight excluding hydrogens is 207 g/mol. The average molecular weight is 212 g/mol. The molecule has 0 fully saturated rings. The van der Waals surface area contributed by atoms with Crippen molar-refractivity contribution in [2.24, 2.45) is 0 Å². The molecule has 0 aliphatic carbocycles. The molecule has 8 heteroatoms. The third-order valence-corrected chi connectivity index (χ3v) is 1.77. The number of aliphatic carboxylic acids is 1. The molecule has 1 unspecified atom stereocenters. The second-order valence-electron chi connectivity index (χ2n) is 2.71. The normalized spacial score (nSPS) is 12.9. The Bertz CT molecular complexity index is 575. The molecule has 0 aliphatic heterocycles. The van der Waals surface area contributed by atoms with Gasteiger partial charge in [-0.1, -0.05) is 0 Å². The molecule has 0 saturated heterocycles. The Hall–Kier alpha value is -2.25. The second kappa shape index (κ2) is 3.15. The molecule has 1 atom stereocenters. The molecule has 2 rings (SSSR count). The lowest BCUT2D eigenvalue weighted by Gasteiger charge is -1.98. The smallest absolute Gasteiger partial charge is 0.361 e. The minimum atomic E-state index is -2.49. The number of carboxylic acids is 1. The first-order valence-corrected chi connectivity index (χ1v) is 3.89. The van der Waals surface area contributed by atoms with Crippen LogP contribution in [0, 0.1) is 0 Å². The largest absolute Gasteiger partial charge is 0.478 e. The molecule has 78 valence electrons. The molecule has 0 bridgehead atoms. The first-order valence-electron chi connectivity index (χ1n) is 3.89. The summed E-state index contributed by atoms with van der Waals surface area (Å²) in [5, 5.41) is 11.9. The summed E-state index contributed by atoms with van der Waals surface area (Å²) in [6, 6.07) is 0. The highest BCUT2D eigenvalue weighted by atomic mass is 19.1. The number of halogens is 1. The highest BCUT2D eigenvalue weighted by Gasteiger charge is 2.22. The summed E-state index contributed by atoms with van der Waals surface area (Å²) in [5.41, 5.74) is -0.770.